The first kappa shape index (κ1) is 9.71. The van der Waals surface area contributed by atoms with Gasteiger partial charge in [0.1, 0.15) is 0 Å². The summed E-state index contributed by atoms with van der Waals surface area (Å²) >= 11 is 0. The molecule has 0 radical (unpaired) electrons. The Hall–Kier alpha value is -1.38. The van der Waals surface area contributed by atoms with Gasteiger partial charge in [-0.25, -0.2) is 4.39 Å². The quantitative estimate of drug-likeness (QED) is 0.711. The van der Waals surface area contributed by atoms with Crippen LogP contribution in [0.4, 0.5) is 4.39 Å². The van der Waals surface area contributed by atoms with Gasteiger partial charge in [-0.3, -0.25) is 4.79 Å². The molecule has 0 fully saturated rings. The Kier molecular flexibility index (Phi) is 3.43. The number of halogens is 1. The highest BCUT2D eigenvalue weighted by Gasteiger charge is 2.09. The molecule has 1 atom stereocenters. The summed E-state index contributed by atoms with van der Waals surface area (Å²) in [6, 6.07) is 8.60. The standard InChI is InChI=1S/C10H12FNO/c1-2-9(11)12-10(13)8-6-4-3-5-7-8/h3-7,9H,2H2,1H3,(H,12,13). The molecule has 0 aliphatic heterocycles. The molecule has 1 amide bonds. The van der Waals surface area contributed by atoms with E-state index in [0.717, 1.165) is 0 Å². The number of benzene rings is 1. The van der Waals surface area contributed by atoms with Crippen molar-refractivity contribution >= 4 is 5.91 Å². The fourth-order valence-corrected chi connectivity index (χ4v) is 0.917. The van der Waals surface area contributed by atoms with Crippen LogP contribution in [0.5, 0.6) is 0 Å². The van der Waals surface area contributed by atoms with E-state index in [1.54, 1.807) is 31.2 Å². The van der Waals surface area contributed by atoms with Crippen molar-refractivity contribution in [1.29, 1.82) is 0 Å². The van der Waals surface area contributed by atoms with Gasteiger partial charge < -0.3 is 5.32 Å². The second kappa shape index (κ2) is 4.60. The average molecular weight is 181 g/mol. The summed E-state index contributed by atoms with van der Waals surface area (Å²) in [6.07, 6.45) is -0.967. The lowest BCUT2D eigenvalue weighted by Gasteiger charge is -2.07. The number of rotatable bonds is 3. The van der Waals surface area contributed by atoms with Crippen molar-refractivity contribution in [2.45, 2.75) is 19.6 Å². The van der Waals surface area contributed by atoms with Crippen molar-refractivity contribution in [3.8, 4) is 0 Å². The molecule has 0 saturated carbocycles. The number of carbonyl (C=O) groups is 1. The number of nitrogens with one attached hydrogen (secondary N) is 1. The van der Waals surface area contributed by atoms with Crippen LogP contribution in [0.25, 0.3) is 0 Å². The maximum absolute atomic E-state index is 12.7. The van der Waals surface area contributed by atoms with Crippen molar-refractivity contribution in [2.75, 3.05) is 0 Å². The molecule has 0 saturated heterocycles. The minimum atomic E-state index is -1.26. The second-order valence-corrected chi connectivity index (χ2v) is 2.72. The predicted octanol–water partition coefficient (Wildman–Crippen LogP) is 2.12. The van der Waals surface area contributed by atoms with Gasteiger partial charge in [0.25, 0.3) is 5.91 Å². The van der Waals surface area contributed by atoms with E-state index in [1.807, 2.05) is 6.07 Å². The molecule has 0 aliphatic carbocycles. The zero-order chi connectivity index (χ0) is 9.68. The molecule has 13 heavy (non-hydrogen) atoms. The summed E-state index contributed by atoms with van der Waals surface area (Å²) in [5.41, 5.74) is 0.485. The van der Waals surface area contributed by atoms with Gasteiger partial charge in [-0.1, -0.05) is 25.1 Å². The molecule has 70 valence electrons. The van der Waals surface area contributed by atoms with E-state index in [0.29, 0.717) is 12.0 Å². The van der Waals surface area contributed by atoms with Crippen molar-refractivity contribution < 1.29 is 9.18 Å². The zero-order valence-electron chi connectivity index (χ0n) is 7.46. The van der Waals surface area contributed by atoms with Gasteiger partial charge in [0.2, 0.25) is 0 Å². The maximum atomic E-state index is 12.7. The van der Waals surface area contributed by atoms with Gasteiger partial charge in [-0.15, -0.1) is 0 Å². The van der Waals surface area contributed by atoms with E-state index in [2.05, 4.69) is 5.32 Å². The Morgan fingerprint density at radius 2 is 2.08 bits per heavy atom. The molecule has 1 aromatic carbocycles. The highest BCUT2D eigenvalue weighted by atomic mass is 19.1. The molecule has 3 heteroatoms. The third-order valence-electron chi connectivity index (χ3n) is 1.68. The molecule has 0 bridgehead atoms. The normalized spacial score (nSPS) is 12.2. The Morgan fingerprint density at radius 3 is 2.62 bits per heavy atom. The molecular weight excluding hydrogens is 169 g/mol. The smallest absolute Gasteiger partial charge is 0.253 e. The summed E-state index contributed by atoms with van der Waals surface area (Å²) < 4.78 is 12.7. The lowest BCUT2D eigenvalue weighted by atomic mass is 10.2. The highest BCUT2D eigenvalue weighted by Crippen LogP contribution is 2.00. The van der Waals surface area contributed by atoms with Crippen LogP contribution in [-0.4, -0.2) is 12.2 Å². The van der Waals surface area contributed by atoms with Crippen LogP contribution in [-0.2, 0) is 0 Å². The van der Waals surface area contributed by atoms with Crippen molar-refractivity contribution in [2.24, 2.45) is 0 Å². The summed E-state index contributed by atoms with van der Waals surface area (Å²) in [5, 5.41) is 2.24. The third kappa shape index (κ3) is 2.86. The number of hydrogen-bond acceptors (Lipinski definition) is 1. The van der Waals surface area contributed by atoms with Gasteiger partial charge >= 0.3 is 0 Å². The molecule has 1 unspecified atom stereocenters. The van der Waals surface area contributed by atoms with Crippen LogP contribution >= 0.6 is 0 Å². The third-order valence-corrected chi connectivity index (χ3v) is 1.68. The first-order valence-electron chi connectivity index (χ1n) is 4.24. The zero-order valence-corrected chi connectivity index (χ0v) is 7.46. The predicted molar refractivity (Wildman–Crippen MR) is 49.1 cm³/mol. The highest BCUT2D eigenvalue weighted by molar-refractivity contribution is 5.94. The number of hydrogen-bond donors (Lipinski definition) is 1. The van der Waals surface area contributed by atoms with E-state index >= 15 is 0 Å². The Morgan fingerprint density at radius 1 is 1.46 bits per heavy atom. The lowest BCUT2D eigenvalue weighted by molar-refractivity contribution is 0.0892. The Labute approximate surface area is 76.8 Å². The minimum absolute atomic E-state index is 0.290. The van der Waals surface area contributed by atoms with E-state index in [1.165, 1.54) is 0 Å². The summed E-state index contributed by atoms with van der Waals surface area (Å²) in [4.78, 5) is 11.3. The van der Waals surface area contributed by atoms with E-state index in [9.17, 15) is 9.18 Å². The van der Waals surface area contributed by atoms with Crippen LogP contribution in [0.2, 0.25) is 0 Å². The minimum Gasteiger partial charge on any atom is -0.322 e. The molecule has 0 aromatic heterocycles. The van der Waals surface area contributed by atoms with Crippen molar-refractivity contribution in [3.05, 3.63) is 35.9 Å². The van der Waals surface area contributed by atoms with Crippen LogP contribution < -0.4 is 5.32 Å². The lowest BCUT2D eigenvalue weighted by Crippen LogP contribution is -2.30. The van der Waals surface area contributed by atoms with Gasteiger partial charge in [-0.2, -0.15) is 0 Å². The fraction of sp³-hybridized carbons (Fsp3) is 0.300. The van der Waals surface area contributed by atoms with Gasteiger partial charge in [0, 0.05) is 5.56 Å². The van der Waals surface area contributed by atoms with E-state index < -0.39 is 6.30 Å². The number of amides is 1. The van der Waals surface area contributed by atoms with Crippen LogP contribution in [0.15, 0.2) is 30.3 Å². The van der Waals surface area contributed by atoms with Crippen molar-refractivity contribution in [1.82, 2.24) is 5.32 Å². The van der Waals surface area contributed by atoms with Gasteiger partial charge in [-0.05, 0) is 18.6 Å². The summed E-state index contributed by atoms with van der Waals surface area (Å²) in [5.74, 6) is -0.366. The van der Waals surface area contributed by atoms with E-state index in [4.69, 9.17) is 0 Å². The molecular formula is C10H12FNO. The van der Waals surface area contributed by atoms with Crippen LogP contribution in [0.3, 0.4) is 0 Å². The van der Waals surface area contributed by atoms with Crippen molar-refractivity contribution in [3.63, 3.8) is 0 Å². The van der Waals surface area contributed by atoms with E-state index in [-0.39, 0.29) is 5.91 Å². The summed E-state index contributed by atoms with van der Waals surface area (Å²) in [6.45, 7) is 1.68. The largest absolute Gasteiger partial charge is 0.322 e. The summed E-state index contributed by atoms with van der Waals surface area (Å²) in [7, 11) is 0. The molecule has 0 aliphatic rings. The fourth-order valence-electron chi connectivity index (χ4n) is 0.917. The van der Waals surface area contributed by atoms with Crippen LogP contribution in [0, 0.1) is 0 Å². The average Bonchev–Trinajstić information content (AvgIpc) is 2.19. The SMILES string of the molecule is CCC(F)NC(=O)c1ccccc1. The monoisotopic (exact) mass is 181 g/mol. The maximum Gasteiger partial charge on any atom is 0.253 e. The first-order chi connectivity index (χ1) is 6.24. The Balaban J connectivity index is 2.59. The molecule has 1 N–H and O–H groups in total. The van der Waals surface area contributed by atoms with Gasteiger partial charge in [0.15, 0.2) is 6.30 Å². The molecule has 1 rings (SSSR count). The molecule has 1 aromatic rings. The van der Waals surface area contributed by atoms with Crippen LogP contribution in [0.1, 0.15) is 23.7 Å². The first-order valence-corrected chi connectivity index (χ1v) is 4.24. The number of carbonyl (C=O) groups excluding carboxylic acids is 1. The Bertz CT molecular complexity index is 274. The molecule has 0 spiro atoms. The van der Waals surface area contributed by atoms with Gasteiger partial charge in [0.05, 0.1) is 0 Å². The topological polar surface area (TPSA) is 29.1 Å². The second-order valence-electron chi connectivity index (χ2n) is 2.72. The molecule has 2 nitrogen and oxygen atoms in total. The number of alkyl halides is 1. The molecule has 0 heterocycles.